The van der Waals surface area contributed by atoms with E-state index >= 15 is 0 Å². The van der Waals surface area contributed by atoms with Crippen molar-refractivity contribution in [2.24, 2.45) is 0 Å². The average molecular weight is 329 g/mol. The van der Waals surface area contributed by atoms with Gasteiger partial charge in [0.1, 0.15) is 4.83 Å². The number of hydrogen-bond acceptors (Lipinski definition) is 5. The fraction of sp³-hybridized carbons (Fsp3) is 0.312. The van der Waals surface area contributed by atoms with Gasteiger partial charge in [0.2, 0.25) is 0 Å². The molecule has 0 bridgehead atoms. The number of hydrogen-bond donors (Lipinski definition) is 0. The summed E-state index contributed by atoms with van der Waals surface area (Å²) < 4.78 is 1.63. The maximum Gasteiger partial charge on any atom is 0.262 e. The Labute approximate surface area is 136 Å². The molecule has 0 N–H and O–H groups in total. The molecule has 0 saturated carbocycles. The van der Waals surface area contributed by atoms with Crippen molar-refractivity contribution in [3.05, 3.63) is 39.1 Å². The standard InChI is InChI=1S/C16H15N3OS2/c1-2-11-13(12-6-5-9-21-12)14-15(22-11)18-10-19(16(14)20)8-4-3-7-17/h5-6,9-10H,2-4,8H2,1H3. The summed E-state index contributed by atoms with van der Waals surface area (Å²) in [5.74, 6) is 0. The lowest BCUT2D eigenvalue weighted by molar-refractivity contribution is 0.627. The summed E-state index contributed by atoms with van der Waals surface area (Å²) in [6, 6.07) is 6.17. The van der Waals surface area contributed by atoms with Gasteiger partial charge in [0.25, 0.3) is 5.56 Å². The van der Waals surface area contributed by atoms with E-state index in [0.717, 1.165) is 27.1 Å². The molecule has 0 aliphatic heterocycles. The number of fused-ring (bicyclic) bond motifs is 1. The van der Waals surface area contributed by atoms with E-state index in [-0.39, 0.29) is 5.56 Å². The van der Waals surface area contributed by atoms with E-state index in [0.29, 0.717) is 19.4 Å². The van der Waals surface area contributed by atoms with E-state index in [4.69, 9.17) is 5.26 Å². The predicted octanol–water partition coefficient (Wildman–Crippen LogP) is 4.05. The van der Waals surface area contributed by atoms with Gasteiger partial charge in [-0.15, -0.1) is 22.7 Å². The number of aryl methyl sites for hydroxylation is 2. The van der Waals surface area contributed by atoms with Gasteiger partial charge in [-0.1, -0.05) is 13.0 Å². The number of aromatic nitrogens is 2. The first-order chi connectivity index (χ1) is 10.8. The lowest BCUT2D eigenvalue weighted by atomic mass is 10.1. The van der Waals surface area contributed by atoms with Crippen molar-refractivity contribution < 1.29 is 0 Å². The number of unbranched alkanes of at least 4 members (excludes halogenated alkanes) is 1. The molecule has 22 heavy (non-hydrogen) atoms. The molecule has 3 heterocycles. The molecule has 0 aliphatic carbocycles. The van der Waals surface area contributed by atoms with Gasteiger partial charge < -0.3 is 0 Å². The Balaban J connectivity index is 2.18. The van der Waals surface area contributed by atoms with Crippen LogP contribution in [-0.4, -0.2) is 9.55 Å². The molecule has 0 radical (unpaired) electrons. The van der Waals surface area contributed by atoms with E-state index in [2.05, 4.69) is 24.0 Å². The number of rotatable bonds is 5. The predicted molar refractivity (Wildman–Crippen MR) is 91.4 cm³/mol. The van der Waals surface area contributed by atoms with Crippen LogP contribution in [0, 0.1) is 11.3 Å². The van der Waals surface area contributed by atoms with Crippen LogP contribution < -0.4 is 5.56 Å². The van der Waals surface area contributed by atoms with Crippen LogP contribution in [0.25, 0.3) is 20.7 Å². The Morgan fingerprint density at radius 2 is 2.32 bits per heavy atom. The summed E-state index contributed by atoms with van der Waals surface area (Å²) in [4.78, 5) is 20.4. The highest BCUT2D eigenvalue weighted by molar-refractivity contribution is 7.20. The molecule has 0 unspecified atom stereocenters. The maximum absolute atomic E-state index is 12.8. The van der Waals surface area contributed by atoms with Crippen molar-refractivity contribution in [2.75, 3.05) is 0 Å². The second kappa shape index (κ2) is 6.42. The summed E-state index contributed by atoms with van der Waals surface area (Å²) in [5.41, 5.74) is 1.05. The van der Waals surface area contributed by atoms with Gasteiger partial charge in [0, 0.05) is 28.3 Å². The van der Waals surface area contributed by atoms with Crippen molar-refractivity contribution in [3.8, 4) is 16.5 Å². The van der Waals surface area contributed by atoms with Crippen LogP contribution in [0.15, 0.2) is 28.6 Å². The van der Waals surface area contributed by atoms with Crippen LogP contribution in [0.5, 0.6) is 0 Å². The molecule has 4 nitrogen and oxygen atoms in total. The highest BCUT2D eigenvalue weighted by atomic mass is 32.1. The zero-order valence-corrected chi connectivity index (χ0v) is 13.8. The molecule has 0 aliphatic rings. The molecule has 0 saturated heterocycles. The van der Waals surface area contributed by atoms with Gasteiger partial charge in [-0.05, 0) is 24.3 Å². The number of thiophene rings is 2. The Kier molecular flexibility index (Phi) is 4.36. The van der Waals surface area contributed by atoms with Crippen LogP contribution in [-0.2, 0) is 13.0 Å². The Hall–Kier alpha value is -1.97. The first-order valence-corrected chi connectivity index (χ1v) is 8.87. The zero-order valence-electron chi connectivity index (χ0n) is 12.2. The molecule has 0 spiro atoms. The van der Waals surface area contributed by atoms with Crippen molar-refractivity contribution in [1.29, 1.82) is 5.26 Å². The topological polar surface area (TPSA) is 58.7 Å². The monoisotopic (exact) mass is 329 g/mol. The summed E-state index contributed by atoms with van der Waals surface area (Å²) in [5, 5.41) is 11.4. The quantitative estimate of drug-likeness (QED) is 0.663. The molecule has 0 atom stereocenters. The first kappa shape index (κ1) is 14.9. The van der Waals surface area contributed by atoms with Gasteiger partial charge in [0.15, 0.2) is 0 Å². The molecule has 0 amide bonds. The second-order valence-corrected chi connectivity index (χ2v) is 6.95. The van der Waals surface area contributed by atoms with Crippen LogP contribution in [0.1, 0.15) is 24.6 Å². The Morgan fingerprint density at radius 3 is 3.00 bits per heavy atom. The van der Waals surface area contributed by atoms with Crippen LogP contribution in [0.4, 0.5) is 0 Å². The summed E-state index contributed by atoms with van der Waals surface area (Å²) in [7, 11) is 0. The SMILES string of the molecule is CCc1sc2ncn(CCCC#N)c(=O)c2c1-c1cccs1. The molecule has 3 rings (SSSR count). The van der Waals surface area contributed by atoms with Crippen molar-refractivity contribution in [2.45, 2.75) is 32.7 Å². The third-order valence-electron chi connectivity index (χ3n) is 3.53. The van der Waals surface area contributed by atoms with Crippen molar-refractivity contribution in [3.63, 3.8) is 0 Å². The van der Waals surface area contributed by atoms with Gasteiger partial charge in [-0.25, -0.2) is 4.98 Å². The number of nitriles is 1. The molecular formula is C16H15N3OS2. The lowest BCUT2D eigenvalue weighted by Crippen LogP contribution is -2.20. The minimum absolute atomic E-state index is 0.00212. The molecule has 112 valence electrons. The minimum atomic E-state index is 0.00212. The van der Waals surface area contributed by atoms with Crippen molar-refractivity contribution >= 4 is 32.9 Å². The molecule has 0 aromatic carbocycles. The average Bonchev–Trinajstić information content (AvgIpc) is 3.16. The molecule has 6 heteroatoms. The Morgan fingerprint density at radius 1 is 1.45 bits per heavy atom. The normalized spacial score (nSPS) is 10.9. The van der Waals surface area contributed by atoms with Crippen LogP contribution >= 0.6 is 22.7 Å². The van der Waals surface area contributed by atoms with Crippen LogP contribution in [0.2, 0.25) is 0 Å². The third kappa shape index (κ3) is 2.58. The fourth-order valence-corrected chi connectivity index (χ4v) is 4.44. The summed E-state index contributed by atoms with van der Waals surface area (Å²) in [6.07, 6.45) is 3.62. The van der Waals surface area contributed by atoms with E-state index in [1.165, 1.54) is 4.88 Å². The summed E-state index contributed by atoms with van der Waals surface area (Å²) in [6.45, 7) is 2.64. The second-order valence-electron chi connectivity index (χ2n) is 4.92. The zero-order chi connectivity index (χ0) is 15.5. The van der Waals surface area contributed by atoms with E-state index < -0.39 is 0 Å². The highest BCUT2D eigenvalue weighted by Gasteiger charge is 2.18. The molecule has 0 fully saturated rings. The maximum atomic E-state index is 12.8. The Bertz CT molecular complexity index is 885. The van der Waals surface area contributed by atoms with Gasteiger partial charge >= 0.3 is 0 Å². The smallest absolute Gasteiger partial charge is 0.262 e. The minimum Gasteiger partial charge on any atom is -0.299 e. The first-order valence-electron chi connectivity index (χ1n) is 7.18. The summed E-state index contributed by atoms with van der Waals surface area (Å²) >= 11 is 3.25. The molecular weight excluding hydrogens is 314 g/mol. The van der Waals surface area contributed by atoms with Gasteiger partial charge in [-0.2, -0.15) is 5.26 Å². The van der Waals surface area contributed by atoms with Gasteiger partial charge in [0.05, 0.1) is 17.8 Å². The van der Waals surface area contributed by atoms with Gasteiger partial charge in [-0.3, -0.25) is 9.36 Å². The fourth-order valence-electron chi connectivity index (χ4n) is 2.49. The van der Waals surface area contributed by atoms with Crippen LogP contribution in [0.3, 0.4) is 0 Å². The largest absolute Gasteiger partial charge is 0.299 e. The lowest BCUT2D eigenvalue weighted by Gasteiger charge is -2.04. The number of nitrogens with zero attached hydrogens (tertiary/aromatic N) is 3. The van der Waals surface area contributed by atoms with E-state index in [1.54, 1.807) is 33.6 Å². The van der Waals surface area contributed by atoms with Crippen molar-refractivity contribution in [1.82, 2.24) is 9.55 Å². The molecule has 3 aromatic rings. The highest BCUT2D eigenvalue weighted by Crippen LogP contribution is 2.38. The van der Waals surface area contributed by atoms with E-state index in [9.17, 15) is 4.79 Å². The van der Waals surface area contributed by atoms with E-state index in [1.807, 2.05) is 11.4 Å². The third-order valence-corrected chi connectivity index (χ3v) is 5.66. The molecule has 3 aromatic heterocycles.